The average molecular weight is 209 g/mol. The molecule has 0 bridgehead atoms. The minimum Gasteiger partial charge on any atom is -0.311 e. The van der Waals surface area contributed by atoms with Crippen molar-refractivity contribution in [3.05, 3.63) is 0 Å². The lowest BCUT2D eigenvalue weighted by atomic mass is 10.4. The standard InChI is InChI=1S/C7H15NO2S2/c1-2-12(9,10)4-3-8-7-5-11-6-7/h7-8H,2-6H2,1H3. The van der Waals surface area contributed by atoms with E-state index in [4.69, 9.17) is 0 Å². The molecular weight excluding hydrogens is 194 g/mol. The zero-order chi connectivity index (χ0) is 9.03. The quantitative estimate of drug-likeness (QED) is 0.699. The molecule has 0 saturated carbocycles. The van der Waals surface area contributed by atoms with E-state index in [1.807, 2.05) is 11.8 Å². The van der Waals surface area contributed by atoms with E-state index in [0.29, 0.717) is 12.6 Å². The number of nitrogens with one attached hydrogen (secondary N) is 1. The zero-order valence-electron chi connectivity index (χ0n) is 7.25. The summed E-state index contributed by atoms with van der Waals surface area (Å²) in [5, 5.41) is 3.21. The molecule has 0 radical (unpaired) electrons. The van der Waals surface area contributed by atoms with Gasteiger partial charge in [0.25, 0.3) is 0 Å². The Hall–Kier alpha value is 0.260. The molecule has 0 aromatic carbocycles. The third kappa shape index (κ3) is 3.33. The van der Waals surface area contributed by atoms with Gasteiger partial charge in [0, 0.05) is 29.8 Å². The van der Waals surface area contributed by atoms with Gasteiger partial charge in [0.05, 0.1) is 5.75 Å². The number of hydrogen-bond acceptors (Lipinski definition) is 4. The molecular formula is C7H15NO2S2. The average Bonchev–Trinajstić information content (AvgIpc) is 1.95. The molecule has 1 rings (SSSR count). The monoisotopic (exact) mass is 209 g/mol. The molecule has 1 saturated heterocycles. The van der Waals surface area contributed by atoms with Gasteiger partial charge in [0.15, 0.2) is 9.84 Å². The van der Waals surface area contributed by atoms with Gasteiger partial charge in [-0.05, 0) is 0 Å². The van der Waals surface area contributed by atoms with E-state index in [1.165, 1.54) is 0 Å². The third-order valence-electron chi connectivity index (χ3n) is 1.92. The summed E-state index contributed by atoms with van der Waals surface area (Å²) < 4.78 is 22.1. The number of sulfone groups is 1. The summed E-state index contributed by atoms with van der Waals surface area (Å²) in [4.78, 5) is 0. The van der Waals surface area contributed by atoms with Gasteiger partial charge in [0.2, 0.25) is 0 Å². The lowest BCUT2D eigenvalue weighted by molar-refractivity contribution is 0.577. The Labute approximate surface area is 78.2 Å². The van der Waals surface area contributed by atoms with E-state index >= 15 is 0 Å². The maximum Gasteiger partial charge on any atom is 0.151 e. The molecule has 1 heterocycles. The van der Waals surface area contributed by atoms with Gasteiger partial charge in [-0.25, -0.2) is 8.42 Å². The summed E-state index contributed by atoms with van der Waals surface area (Å²) in [7, 11) is -2.77. The first-order valence-electron chi connectivity index (χ1n) is 4.15. The summed E-state index contributed by atoms with van der Waals surface area (Å²) in [6.07, 6.45) is 0. The summed E-state index contributed by atoms with van der Waals surface area (Å²) >= 11 is 1.90. The molecule has 1 aliphatic heterocycles. The summed E-state index contributed by atoms with van der Waals surface area (Å²) in [5.74, 6) is 2.80. The highest BCUT2D eigenvalue weighted by Crippen LogP contribution is 2.16. The first-order chi connectivity index (χ1) is 5.64. The lowest BCUT2D eigenvalue weighted by Crippen LogP contribution is -2.42. The third-order valence-corrected chi connectivity index (χ3v) is 4.91. The fourth-order valence-electron chi connectivity index (χ4n) is 0.916. The van der Waals surface area contributed by atoms with Gasteiger partial charge in [0.1, 0.15) is 0 Å². The maximum absolute atomic E-state index is 11.0. The van der Waals surface area contributed by atoms with E-state index in [1.54, 1.807) is 6.92 Å². The molecule has 0 aliphatic carbocycles. The van der Waals surface area contributed by atoms with Crippen LogP contribution in [-0.2, 0) is 9.84 Å². The van der Waals surface area contributed by atoms with Gasteiger partial charge in [-0.3, -0.25) is 0 Å². The van der Waals surface area contributed by atoms with E-state index in [0.717, 1.165) is 11.5 Å². The normalized spacial score (nSPS) is 19.1. The molecule has 0 spiro atoms. The van der Waals surface area contributed by atoms with E-state index in [-0.39, 0.29) is 11.5 Å². The van der Waals surface area contributed by atoms with Gasteiger partial charge in [-0.2, -0.15) is 11.8 Å². The number of thioether (sulfide) groups is 1. The molecule has 1 aliphatic rings. The minimum absolute atomic E-state index is 0.258. The van der Waals surface area contributed by atoms with Crippen molar-refractivity contribution in [3.63, 3.8) is 0 Å². The highest BCUT2D eigenvalue weighted by Gasteiger charge is 2.17. The molecule has 0 atom stereocenters. The molecule has 12 heavy (non-hydrogen) atoms. The molecule has 0 unspecified atom stereocenters. The maximum atomic E-state index is 11.0. The van der Waals surface area contributed by atoms with Crippen LogP contribution in [0.3, 0.4) is 0 Å². The van der Waals surface area contributed by atoms with Gasteiger partial charge in [-0.1, -0.05) is 6.92 Å². The van der Waals surface area contributed by atoms with Crippen LogP contribution in [0, 0.1) is 0 Å². The molecule has 5 heteroatoms. The van der Waals surface area contributed by atoms with Crippen molar-refractivity contribution >= 4 is 21.6 Å². The Morgan fingerprint density at radius 2 is 2.17 bits per heavy atom. The molecule has 0 amide bonds. The van der Waals surface area contributed by atoms with Crippen molar-refractivity contribution in [3.8, 4) is 0 Å². The van der Waals surface area contributed by atoms with Crippen molar-refractivity contribution in [2.45, 2.75) is 13.0 Å². The van der Waals surface area contributed by atoms with Gasteiger partial charge in [-0.15, -0.1) is 0 Å². The predicted octanol–water partition coefficient (Wildman–Crippen LogP) is 0.126. The Morgan fingerprint density at radius 1 is 1.50 bits per heavy atom. The Balaban J connectivity index is 2.08. The van der Waals surface area contributed by atoms with Crippen molar-refractivity contribution < 1.29 is 8.42 Å². The molecule has 1 fully saturated rings. The first-order valence-corrected chi connectivity index (χ1v) is 7.13. The second-order valence-corrected chi connectivity index (χ2v) is 6.47. The fourth-order valence-corrected chi connectivity index (χ4v) is 2.34. The molecule has 0 aromatic heterocycles. The van der Waals surface area contributed by atoms with Crippen LogP contribution in [0.1, 0.15) is 6.92 Å². The predicted molar refractivity (Wildman–Crippen MR) is 53.4 cm³/mol. The molecule has 0 aromatic rings. The van der Waals surface area contributed by atoms with Crippen LogP contribution in [0.5, 0.6) is 0 Å². The van der Waals surface area contributed by atoms with Crippen LogP contribution in [0.25, 0.3) is 0 Å². The molecule has 3 nitrogen and oxygen atoms in total. The highest BCUT2D eigenvalue weighted by atomic mass is 32.2. The first kappa shape index (κ1) is 10.3. The summed E-state index contributed by atoms with van der Waals surface area (Å²) in [5.41, 5.74) is 0. The molecule has 72 valence electrons. The highest BCUT2D eigenvalue weighted by molar-refractivity contribution is 8.00. The van der Waals surface area contributed by atoms with Crippen LogP contribution < -0.4 is 5.32 Å². The van der Waals surface area contributed by atoms with E-state index in [9.17, 15) is 8.42 Å². The SMILES string of the molecule is CCS(=O)(=O)CCNC1CSC1. The van der Waals surface area contributed by atoms with Crippen LogP contribution in [-0.4, -0.2) is 44.0 Å². The van der Waals surface area contributed by atoms with Crippen LogP contribution >= 0.6 is 11.8 Å². The lowest BCUT2D eigenvalue weighted by Gasteiger charge is -2.25. The van der Waals surface area contributed by atoms with Crippen molar-refractivity contribution in [2.24, 2.45) is 0 Å². The number of rotatable bonds is 5. The molecule has 1 N–H and O–H groups in total. The topological polar surface area (TPSA) is 46.2 Å². The Morgan fingerprint density at radius 3 is 2.58 bits per heavy atom. The second-order valence-electron chi connectivity index (χ2n) is 2.92. The zero-order valence-corrected chi connectivity index (χ0v) is 8.88. The van der Waals surface area contributed by atoms with E-state index < -0.39 is 9.84 Å². The van der Waals surface area contributed by atoms with Gasteiger partial charge >= 0.3 is 0 Å². The largest absolute Gasteiger partial charge is 0.311 e. The van der Waals surface area contributed by atoms with Crippen LogP contribution in [0.15, 0.2) is 0 Å². The summed E-state index contributed by atoms with van der Waals surface area (Å²) in [6.45, 7) is 2.30. The van der Waals surface area contributed by atoms with Crippen molar-refractivity contribution in [1.29, 1.82) is 0 Å². The van der Waals surface area contributed by atoms with E-state index in [2.05, 4.69) is 5.32 Å². The van der Waals surface area contributed by atoms with Crippen molar-refractivity contribution in [1.82, 2.24) is 5.32 Å². The van der Waals surface area contributed by atoms with Crippen LogP contribution in [0.4, 0.5) is 0 Å². The Kier molecular flexibility index (Phi) is 3.86. The number of hydrogen-bond donors (Lipinski definition) is 1. The fraction of sp³-hybridized carbons (Fsp3) is 1.00. The van der Waals surface area contributed by atoms with Gasteiger partial charge < -0.3 is 5.32 Å². The smallest absolute Gasteiger partial charge is 0.151 e. The second kappa shape index (κ2) is 4.48. The van der Waals surface area contributed by atoms with Crippen molar-refractivity contribution in [2.75, 3.05) is 29.6 Å². The Bertz CT molecular complexity index is 222. The van der Waals surface area contributed by atoms with Crippen LogP contribution in [0.2, 0.25) is 0 Å². The summed E-state index contributed by atoms with van der Waals surface area (Å²) in [6, 6.07) is 0.557. The minimum atomic E-state index is -2.77.